The third-order valence-corrected chi connectivity index (χ3v) is 7.40. The van der Waals surface area contributed by atoms with Crippen molar-refractivity contribution >= 4 is 44.8 Å². The Labute approximate surface area is 185 Å². The van der Waals surface area contributed by atoms with Crippen LogP contribution in [0.1, 0.15) is 30.6 Å². The van der Waals surface area contributed by atoms with E-state index in [1.807, 2.05) is 17.5 Å². The Hall–Kier alpha value is -1.94. The second kappa shape index (κ2) is 10.4. The highest BCUT2D eigenvalue weighted by Crippen LogP contribution is 2.18. The van der Waals surface area contributed by atoms with E-state index in [0.29, 0.717) is 5.02 Å². The van der Waals surface area contributed by atoms with Crippen molar-refractivity contribution in [1.82, 2.24) is 14.9 Å². The Morgan fingerprint density at radius 3 is 2.47 bits per heavy atom. The third kappa shape index (κ3) is 6.53. The SMILES string of the molecule is O=C(CN(Cc1cccs1)C(=O)CNS(=O)(=O)c1ccc(Cl)cc1)NC1CCCC1. The zero-order chi connectivity index (χ0) is 21.6. The van der Waals surface area contributed by atoms with Crippen molar-refractivity contribution in [2.45, 2.75) is 43.2 Å². The van der Waals surface area contributed by atoms with Gasteiger partial charge >= 0.3 is 0 Å². The van der Waals surface area contributed by atoms with Gasteiger partial charge in [-0.15, -0.1) is 11.3 Å². The Morgan fingerprint density at radius 2 is 1.83 bits per heavy atom. The summed E-state index contributed by atoms with van der Waals surface area (Å²) in [7, 11) is -3.87. The number of sulfonamides is 1. The molecule has 3 rings (SSSR count). The molecule has 2 amide bonds. The maximum absolute atomic E-state index is 12.8. The van der Waals surface area contributed by atoms with Gasteiger partial charge in [-0.2, -0.15) is 0 Å². The monoisotopic (exact) mass is 469 g/mol. The fourth-order valence-electron chi connectivity index (χ4n) is 3.31. The highest BCUT2D eigenvalue weighted by molar-refractivity contribution is 7.89. The Balaban J connectivity index is 1.63. The predicted molar refractivity (Wildman–Crippen MR) is 117 cm³/mol. The van der Waals surface area contributed by atoms with Crippen LogP contribution in [0.5, 0.6) is 0 Å². The first-order valence-corrected chi connectivity index (χ1v) is 12.4. The molecule has 0 aliphatic heterocycles. The van der Waals surface area contributed by atoms with Crippen LogP contribution in [-0.2, 0) is 26.2 Å². The summed E-state index contributed by atoms with van der Waals surface area (Å²) in [6.45, 7) is -0.305. The summed E-state index contributed by atoms with van der Waals surface area (Å²) in [5.74, 6) is -0.699. The van der Waals surface area contributed by atoms with Gasteiger partial charge in [-0.05, 0) is 48.6 Å². The molecule has 162 valence electrons. The zero-order valence-corrected chi connectivity index (χ0v) is 18.7. The van der Waals surface area contributed by atoms with Gasteiger partial charge in [0.25, 0.3) is 0 Å². The van der Waals surface area contributed by atoms with E-state index in [9.17, 15) is 18.0 Å². The minimum Gasteiger partial charge on any atom is -0.352 e. The fourth-order valence-corrected chi connectivity index (χ4v) is 5.13. The van der Waals surface area contributed by atoms with E-state index in [-0.39, 0.29) is 29.9 Å². The minimum atomic E-state index is -3.87. The summed E-state index contributed by atoms with van der Waals surface area (Å²) in [5, 5.41) is 5.27. The zero-order valence-electron chi connectivity index (χ0n) is 16.3. The molecular formula is C20H24ClN3O4S2. The highest BCUT2D eigenvalue weighted by Gasteiger charge is 2.23. The molecule has 1 heterocycles. The summed E-state index contributed by atoms with van der Waals surface area (Å²) in [6, 6.07) is 9.56. The average Bonchev–Trinajstić information content (AvgIpc) is 3.40. The van der Waals surface area contributed by atoms with Crippen LogP contribution in [0, 0.1) is 0 Å². The van der Waals surface area contributed by atoms with Crippen LogP contribution in [-0.4, -0.2) is 44.3 Å². The Morgan fingerprint density at radius 1 is 1.13 bits per heavy atom. The predicted octanol–water partition coefficient (Wildman–Crippen LogP) is 2.77. The average molecular weight is 470 g/mol. The molecule has 1 aliphatic carbocycles. The second-order valence-corrected chi connectivity index (χ2v) is 10.4. The van der Waals surface area contributed by atoms with Crippen molar-refractivity contribution in [1.29, 1.82) is 0 Å². The van der Waals surface area contributed by atoms with Gasteiger partial charge in [0.2, 0.25) is 21.8 Å². The lowest BCUT2D eigenvalue weighted by atomic mass is 10.2. The van der Waals surface area contributed by atoms with Crippen LogP contribution in [0.2, 0.25) is 5.02 Å². The topological polar surface area (TPSA) is 95.6 Å². The van der Waals surface area contributed by atoms with E-state index in [1.165, 1.54) is 40.5 Å². The molecule has 0 bridgehead atoms. The Kier molecular flexibility index (Phi) is 7.87. The van der Waals surface area contributed by atoms with Crippen LogP contribution in [0.3, 0.4) is 0 Å². The van der Waals surface area contributed by atoms with Gasteiger partial charge in [0.1, 0.15) is 0 Å². The van der Waals surface area contributed by atoms with E-state index in [1.54, 1.807) is 0 Å². The summed E-state index contributed by atoms with van der Waals surface area (Å²) in [6.07, 6.45) is 4.08. The molecular weight excluding hydrogens is 446 g/mol. The number of hydrogen-bond acceptors (Lipinski definition) is 5. The Bertz CT molecular complexity index is 956. The molecule has 0 spiro atoms. The van der Waals surface area contributed by atoms with Gasteiger partial charge in [0.05, 0.1) is 24.5 Å². The van der Waals surface area contributed by atoms with Crippen molar-refractivity contribution in [3.05, 3.63) is 51.7 Å². The maximum Gasteiger partial charge on any atom is 0.241 e. The molecule has 0 saturated heterocycles. The van der Waals surface area contributed by atoms with Gasteiger partial charge in [0.15, 0.2) is 0 Å². The number of amides is 2. The van der Waals surface area contributed by atoms with Gasteiger partial charge in [0, 0.05) is 15.9 Å². The lowest BCUT2D eigenvalue weighted by molar-refractivity contribution is -0.135. The number of carbonyl (C=O) groups is 2. The van der Waals surface area contributed by atoms with Crippen LogP contribution in [0.4, 0.5) is 0 Å². The minimum absolute atomic E-state index is 0.0171. The summed E-state index contributed by atoms with van der Waals surface area (Å²) in [4.78, 5) is 27.5. The molecule has 2 aromatic rings. The lowest BCUT2D eigenvalue weighted by Crippen LogP contribution is -2.46. The normalized spacial score (nSPS) is 14.6. The summed E-state index contributed by atoms with van der Waals surface area (Å²) < 4.78 is 27.2. The molecule has 1 saturated carbocycles. The molecule has 1 aliphatic rings. The molecule has 1 fully saturated rings. The van der Waals surface area contributed by atoms with E-state index in [2.05, 4.69) is 10.0 Å². The van der Waals surface area contributed by atoms with E-state index in [4.69, 9.17) is 11.6 Å². The van der Waals surface area contributed by atoms with Crippen LogP contribution in [0.25, 0.3) is 0 Å². The summed E-state index contributed by atoms with van der Waals surface area (Å²) >= 11 is 7.27. The fraction of sp³-hybridized carbons (Fsp3) is 0.400. The molecule has 1 aromatic carbocycles. The van der Waals surface area contributed by atoms with Gasteiger partial charge < -0.3 is 10.2 Å². The first-order chi connectivity index (χ1) is 14.3. The van der Waals surface area contributed by atoms with Crippen molar-refractivity contribution in [3.63, 3.8) is 0 Å². The molecule has 30 heavy (non-hydrogen) atoms. The molecule has 10 heteroatoms. The van der Waals surface area contributed by atoms with E-state index in [0.717, 1.165) is 30.6 Å². The molecule has 2 N–H and O–H groups in total. The van der Waals surface area contributed by atoms with Crippen LogP contribution in [0.15, 0.2) is 46.7 Å². The number of nitrogens with zero attached hydrogens (tertiary/aromatic N) is 1. The number of benzene rings is 1. The number of halogens is 1. The van der Waals surface area contributed by atoms with Crippen molar-refractivity contribution in [3.8, 4) is 0 Å². The van der Waals surface area contributed by atoms with Crippen LogP contribution >= 0.6 is 22.9 Å². The molecule has 0 unspecified atom stereocenters. The smallest absolute Gasteiger partial charge is 0.241 e. The van der Waals surface area contributed by atoms with Crippen molar-refractivity contribution in [2.24, 2.45) is 0 Å². The number of nitrogens with one attached hydrogen (secondary N) is 2. The highest BCUT2D eigenvalue weighted by atomic mass is 35.5. The van der Waals surface area contributed by atoms with Gasteiger partial charge in [-0.3, -0.25) is 9.59 Å². The van der Waals surface area contributed by atoms with Crippen LogP contribution < -0.4 is 10.0 Å². The quantitative estimate of drug-likeness (QED) is 0.590. The first-order valence-electron chi connectivity index (χ1n) is 9.68. The van der Waals surface area contributed by atoms with Gasteiger partial charge in [-0.25, -0.2) is 13.1 Å². The largest absolute Gasteiger partial charge is 0.352 e. The number of thiophene rings is 1. The number of hydrogen-bond donors (Lipinski definition) is 2. The lowest BCUT2D eigenvalue weighted by Gasteiger charge is -2.23. The molecule has 0 radical (unpaired) electrons. The van der Waals surface area contributed by atoms with Crippen molar-refractivity contribution in [2.75, 3.05) is 13.1 Å². The molecule has 1 aromatic heterocycles. The van der Waals surface area contributed by atoms with Crippen molar-refractivity contribution < 1.29 is 18.0 Å². The first kappa shape index (κ1) is 22.7. The van der Waals surface area contributed by atoms with E-state index >= 15 is 0 Å². The summed E-state index contributed by atoms with van der Waals surface area (Å²) in [5.41, 5.74) is 0. The standard InChI is InChI=1S/C20H24ClN3O4S2/c21-15-7-9-18(10-8-15)30(27,28)22-12-20(26)24(13-17-6-3-11-29-17)14-19(25)23-16-4-1-2-5-16/h3,6-11,16,22H,1-2,4-5,12-14H2,(H,23,25). The number of rotatable bonds is 9. The molecule has 7 nitrogen and oxygen atoms in total. The van der Waals surface area contributed by atoms with E-state index < -0.39 is 22.5 Å². The van der Waals surface area contributed by atoms with Gasteiger partial charge in [-0.1, -0.05) is 30.5 Å². The maximum atomic E-state index is 12.8. The number of carbonyl (C=O) groups excluding carboxylic acids is 2. The second-order valence-electron chi connectivity index (χ2n) is 7.16. The third-order valence-electron chi connectivity index (χ3n) is 4.87. The molecule has 0 atom stereocenters.